The number of benzene rings is 2. The Morgan fingerprint density at radius 3 is 2.30 bits per heavy atom. The molecule has 0 unspecified atom stereocenters. The van der Waals surface area contributed by atoms with Crippen LogP contribution < -0.4 is 20.1 Å². The largest absolute Gasteiger partial charge is 0.490 e. The van der Waals surface area contributed by atoms with Gasteiger partial charge >= 0.3 is 0 Å². The minimum Gasteiger partial charge on any atom is -0.490 e. The van der Waals surface area contributed by atoms with Crippen LogP contribution in [0.1, 0.15) is 47.4 Å². The molecular formula is C22H26Cl2N2O4. The van der Waals surface area contributed by atoms with Crippen molar-refractivity contribution in [1.82, 2.24) is 10.6 Å². The first kappa shape index (κ1) is 23.8. The van der Waals surface area contributed by atoms with Crippen molar-refractivity contribution in [2.75, 3.05) is 26.3 Å². The van der Waals surface area contributed by atoms with Crippen LogP contribution in [0.5, 0.6) is 11.5 Å². The number of halogens is 2. The Morgan fingerprint density at radius 1 is 0.933 bits per heavy atom. The van der Waals surface area contributed by atoms with Crippen LogP contribution in [-0.4, -0.2) is 38.1 Å². The quantitative estimate of drug-likeness (QED) is 0.483. The Hall–Kier alpha value is -2.44. The summed E-state index contributed by atoms with van der Waals surface area (Å²) in [5, 5.41) is 6.15. The second kappa shape index (κ2) is 12.3. The van der Waals surface area contributed by atoms with Gasteiger partial charge in [-0.3, -0.25) is 9.59 Å². The number of unbranched alkanes of at least 4 members (excludes halogenated alkanes) is 1. The minimum absolute atomic E-state index is 0.241. The molecule has 0 saturated heterocycles. The zero-order valence-electron chi connectivity index (χ0n) is 17.1. The normalized spacial score (nSPS) is 10.4. The first-order valence-electron chi connectivity index (χ1n) is 9.88. The van der Waals surface area contributed by atoms with Crippen LogP contribution in [0.2, 0.25) is 10.0 Å². The summed E-state index contributed by atoms with van der Waals surface area (Å²) in [6, 6.07) is 9.92. The predicted octanol–water partition coefficient (Wildman–Crippen LogP) is 4.73. The topological polar surface area (TPSA) is 76.7 Å². The fourth-order valence-corrected chi connectivity index (χ4v) is 3.10. The molecule has 0 heterocycles. The lowest BCUT2D eigenvalue weighted by Crippen LogP contribution is -2.34. The SMILES string of the molecule is CCCCOc1c(Cl)cc(C(=O)NCCNC(=O)c2ccccc2Cl)cc1OCC. The van der Waals surface area contributed by atoms with Gasteiger partial charge < -0.3 is 20.1 Å². The van der Waals surface area contributed by atoms with E-state index in [2.05, 4.69) is 17.6 Å². The van der Waals surface area contributed by atoms with E-state index in [1.165, 1.54) is 0 Å². The smallest absolute Gasteiger partial charge is 0.252 e. The number of nitrogens with one attached hydrogen (secondary N) is 2. The number of amides is 2. The molecule has 2 rings (SSSR count). The Balaban J connectivity index is 1.94. The molecule has 2 amide bonds. The van der Waals surface area contributed by atoms with Gasteiger partial charge in [0, 0.05) is 18.7 Å². The molecule has 2 N–H and O–H groups in total. The zero-order valence-corrected chi connectivity index (χ0v) is 18.6. The maximum atomic E-state index is 12.5. The van der Waals surface area contributed by atoms with Gasteiger partial charge in [-0.15, -0.1) is 0 Å². The van der Waals surface area contributed by atoms with Gasteiger partial charge in [0.2, 0.25) is 0 Å². The Labute approximate surface area is 186 Å². The fraction of sp³-hybridized carbons (Fsp3) is 0.364. The van der Waals surface area contributed by atoms with E-state index in [1.54, 1.807) is 36.4 Å². The van der Waals surface area contributed by atoms with Crippen molar-refractivity contribution < 1.29 is 19.1 Å². The third kappa shape index (κ3) is 6.82. The molecule has 0 radical (unpaired) electrons. The van der Waals surface area contributed by atoms with E-state index in [0.29, 0.717) is 45.9 Å². The lowest BCUT2D eigenvalue weighted by Gasteiger charge is -2.15. The van der Waals surface area contributed by atoms with Crippen molar-refractivity contribution >= 4 is 35.0 Å². The number of rotatable bonds is 11. The van der Waals surface area contributed by atoms with Gasteiger partial charge in [-0.05, 0) is 37.6 Å². The highest BCUT2D eigenvalue weighted by Gasteiger charge is 2.16. The highest BCUT2D eigenvalue weighted by Crippen LogP contribution is 2.36. The van der Waals surface area contributed by atoms with Crippen molar-refractivity contribution in [3.05, 3.63) is 57.6 Å². The van der Waals surface area contributed by atoms with E-state index in [-0.39, 0.29) is 24.9 Å². The molecule has 0 aliphatic carbocycles. The molecule has 30 heavy (non-hydrogen) atoms. The number of hydrogen-bond acceptors (Lipinski definition) is 4. The molecule has 0 aromatic heterocycles. The summed E-state index contributed by atoms with van der Waals surface area (Å²) in [4.78, 5) is 24.6. The molecule has 162 valence electrons. The highest BCUT2D eigenvalue weighted by atomic mass is 35.5. The third-order valence-corrected chi connectivity index (χ3v) is 4.74. The van der Waals surface area contributed by atoms with Crippen LogP contribution in [0, 0.1) is 0 Å². The van der Waals surface area contributed by atoms with Gasteiger partial charge in [-0.1, -0.05) is 48.7 Å². The second-order valence-electron chi connectivity index (χ2n) is 6.41. The number of hydrogen-bond donors (Lipinski definition) is 2. The monoisotopic (exact) mass is 452 g/mol. The molecule has 0 aliphatic rings. The maximum Gasteiger partial charge on any atom is 0.252 e. The summed E-state index contributed by atoms with van der Waals surface area (Å²) < 4.78 is 11.3. The van der Waals surface area contributed by atoms with E-state index in [0.717, 1.165) is 12.8 Å². The van der Waals surface area contributed by atoms with Crippen molar-refractivity contribution in [3.63, 3.8) is 0 Å². The van der Waals surface area contributed by atoms with Crippen LogP contribution in [-0.2, 0) is 0 Å². The highest BCUT2D eigenvalue weighted by molar-refractivity contribution is 6.34. The summed E-state index contributed by atoms with van der Waals surface area (Å²) in [5.41, 5.74) is 0.737. The van der Waals surface area contributed by atoms with Crippen molar-refractivity contribution in [1.29, 1.82) is 0 Å². The van der Waals surface area contributed by atoms with Crippen molar-refractivity contribution in [2.24, 2.45) is 0 Å². The molecule has 0 bridgehead atoms. The van der Waals surface area contributed by atoms with Gasteiger partial charge in [-0.2, -0.15) is 0 Å². The van der Waals surface area contributed by atoms with Gasteiger partial charge in [0.05, 0.1) is 28.8 Å². The summed E-state index contributed by atoms with van der Waals surface area (Å²) in [6.45, 7) is 5.34. The molecule has 2 aromatic rings. The Bertz CT molecular complexity index is 874. The van der Waals surface area contributed by atoms with E-state index < -0.39 is 0 Å². The summed E-state index contributed by atoms with van der Waals surface area (Å²) in [6.07, 6.45) is 1.89. The molecule has 0 fully saturated rings. The van der Waals surface area contributed by atoms with Gasteiger partial charge in [0.1, 0.15) is 0 Å². The number of ether oxygens (including phenoxy) is 2. The first-order valence-corrected chi connectivity index (χ1v) is 10.6. The predicted molar refractivity (Wildman–Crippen MR) is 119 cm³/mol. The molecule has 0 spiro atoms. The minimum atomic E-state index is -0.329. The molecule has 6 nitrogen and oxygen atoms in total. The number of carbonyl (C=O) groups excluding carboxylic acids is 2. The van der Waals surface area contributed by atoms with E-state index >= 15 is 0 Å². The van der Waals surface area contributed by atoms with Gasteiger partial charge in [-0.25, -0.2) is 0 Å². The lowest BCUT2D eigenvalue weighted by atomic mass is 10.2. The molecular weight excluding hydrogens is 427 g/mol. The van der Waals surface area contributed by atoms with Crippen LogP contribution in [0.15, 0.2) is 36.4 Å². The van der Waals surface area contributed by atoms with Gasteiger partial charge in [0.25, 0.3) is 11.8 Å². The molecule has 8 heteroatoms. The second-order valence-corrected chi connectivity index (χ2v) is 7.23. The summed E-state index contributed by atoms with van der Waals surface area (Å²) >= 11 is 12.3. The van der Waals surface area contributed by atoms with Crippen LogP contribution in [0.4, 0.5) is 0 Å². The van der Waals surface area contributed by atoms with Crippen LogP contribution in [0.25, 0.3) is 0 Å². The Morgan fingerprint density at radius 2 is 1.63 bits per heavy atom. The molecule has 0 saturated carbocycles. The van der Waals surface area contributed by atoms with E-state index in [1.807, 2.05) is 6.92 Å². The molecule has 0 atom stereocenters. The standard InChI is InChI=1S/C22H26Cl2N2O4/c1-3-5-12-30-20-18(24)13-15(14-19(20)29-4-2)21(27)25-10-11-26-22(28)16-8-6-7-9-17(16)23/h6-9,13-14H,3-5,10-12H2,1-2H3,(H,25,27)(H,26,28). The summed E-state index contributed by atoms with van der Waals surface area (Å²) in [7, 11) is 0. The summed E-state index contributed by atoms with van der Waals surface area (Å²) in [5.74, 6) is 0.240. The molecule has 2 aromatic carbocycles. The third-order valence-electron chi connectivity index (χ3n) is 4.13. The van der Waals surface area contributed by atoms with Crippen LogP contribution >= 0.6 is 23.2 Å². The van der Waals surface area contributed by atoms with Crippen molar-refractivity contribution in [3.8, 4) is 11.5 Å². The fourth-order valence-electron chi connectivity index (χ4n) is 2.62. The van der Waals surface area contributed by atoms with E-state index in [4.69, 9.17) is 32.7 Å². The van der Waals surface area contributed by atoms with Crippen molar-refractivity contribution in [2.45, 2.75) is 26.7 Å². The first-order chi connectivity index (χ1) is 14.5. The van der Waals surface area contributed by atoms with E-state index in [9.17, 15) is 9.59 Å². The maximum absolute atomic E-state index is 12.5. The number of carbonyl (C=O) groups is 2. The molecule has 0 aliphatic heterocycles. The average Bonchev–Trinajstić information content (AvgIpc) is 2.73. The zero-order chi connectivity index (χ0) is 21.9. The van der Waals surface area contributed by atoms with Gasteiger partial charge in [0.15, 0.2) is 11.5 Å². The lowest BCUT2D eigenvalue weighted by molar-refractivity contribution is 0.0927. The van der Waals surface area contributed by atoms with Crippen LogP contribution in [0.3, 0.4) is 0 Å². The average molecular weight is 453 g/mol. The Kier molecular flexibility index (Phi) is 9.77.